The van der Waals surface area contributed by atoms with Crippen LogP contribution in [0.1, 0.15) is 84.7 Å². The van der Waals surface area contributed by atoms with Crippen LogP contribution in [-0.4, -0.2) is 55.0 Å². The van der Waals surface area contributed by atoms with Crippen molar-refractivity contribution in [2.24, 2.45) is 0 Å². The molecule has 0 bridgehead atoms. The first-order valence-corrected chi connectivity index (χ1v) is 13.8. The van der Waals surface area contributed by atoms with E-state index >= 15 is 0 Å². The van der Waals surface area contributed by atoms with Crippen LogP contribution < -0.4 is 16.0 Å². The fourth-order valence-corrected chi connectivity index (χ4v) is 4.43. The molecule has 39 heavy (non-hydrogen) atoms. The smallest absolute Gasteiger partial charge is 0.314 e. The van der Waals surface area contributed by atoms with E-state index in [2.05, 4.69) is 16.0 Å². The van der Waals surface area contributed by atoms with Crippen LogP contribution in [0, 0.1) is 18.6 Å². The predicted octanol–water partition coefficient (Wildman–Crippen LogP) is 5.37. The minimum absolute atomic E-state index is 0.115. The number of hydrogen-bond donors (Lipinski definition) is 3. The highest BCUT2D eigenvalue weighted by molar-refractivity contribution is 6.00. The quantitative estimate of drug-likeness (QED) is 0.264. The van der Waals surface area contributed by atoms with Crippen molar-refractivity contribution in [3.05, 3.63) is 70.3 Å². The van der Waals surface area contributed by atoms with Gasteiger partial charge in [-0.25, -0.2) is 13.6 Å². The molecule has 7 nitrogen and oxygen atoms in total. The minimum atomic E-state index is -0.685. The molecule has 0 saturated heterocycles. The molecule has 1 atom stereocenters. The number of nitrogens with zero attached hydrogens (tertiary/aromatic N) is 1. The molecule has 3 N–H and O–H groups in total. The van der Waals surface area contributed by atoms with Gasteiger partial charge < -0.3 is 20.9 Å². The summed E-state index contributed by atoms with van der Waals surface area (Å²) in [6.45, 7) is 10.1. The van der Waals surface area contributed by atoms with Crippen LogP contribution in [0.15, 0.2) is 36.4 Å². The van der Waals surface area contributed by atoms with Crippen molar-refractivity contribution in [3.8, 4) is 0 Å². The van der Waals surface area contributed by atoms with E-state index in [1.807, 2.05) is 27.7 Å². The molecule has 0 aliphatic heterocycles. The first-order chi connectivity index (χ1) is 18.7. The van der Waals surface area contributed by atoms with Crippen LogP contribution in [0.2, 0.25) is 0 Å². The number of nitrogens with one attached hydrogen (secondary N) is 3. The van der Waals surface area contributed by atoms with Crippen molar-refractivity contribution < 1.29 is 23.2 Å². The Hall–Kier alpha value is -3.49. The summed E-state index contributed by atoms with van der Waals surface area (Å²) < 4.78 is 27.6. The third-order valence-corrected chi connectivity index (χ3v) is 6.15. The fraction of sp³-hybridized carbons (Fsp3) is 0.500. The Bertz CT molecular complexity index is 1080. The maximum Gasteiger partial charge on any atom is 0.314 e. The molecule has 0 aliphatic rings. The molecule has 2 aromatic carbocycles. The maximum absolute atomic E-state index is 13.8. The van der Waals surface area contributed by atoms with Crippen LogP contribution in [0.4, 0.5) is 13.6 Å². The topological polar surface area (TPSA) is 90.5 Å². The SMILES string of the molecule is CCCNC(=O)NCCC[C@H](Cc1cc(F)cc(F)c1)NC(=O)c1cc(C)cc(C(=O)N(CCC)CCC)c1. The summed E-state index contributed by atoms with van der Waals surface area (Å²) in [5.74, 6) is -1.86. The second kappa shape index (κ2) is 16.5. The first kappa shape index (κ1) is 31.7. The molecule has 0 radical (unpaired) electrons. The van der Waals surface area contributed by atoms with Gasteiger partial charge >= 0.3 is 6.03 Å². The zero-order chi connectivity index (χ0) is 28.8. The van der Waals surface area contributed by atoms with Gasteiger partial charge in [0, 0.05) is 49.4 Å². The summed E-state index contributed by atoms with van der Waals surface area (Å²) in [5.41, 5.74) is 2.00. The zero-order valence-electron chi connectivity index (χ0n) is 23.5. The average molecular weight is 545 g/mol. The number of halogens is 2. The zero-order valence-corrected chi connectivity index (χ0v) is 23.5. The highest BCUT2D eigenvalue weighted by Gasteiger charge is 2.20. The minimum Gasteiger partial charge on any atom is -0.349 e. The molecule has 0 heterocycles. The second-order valence-corrected chi connectivity index (χ2v) is 9.86. The molecule has 2 rings (SSSR count). The predicted molar refractivity (Wildman–Crippen MR) is 150 cm³/mol. The Labute approximate surface area is 230 Å². The molecule has 2 aromatic rings. The van der Waals surface area contributed by atoms with Gasteiger partial charge in [0.15, 0.2) is 0 Å². The third kappa shape index (κ3) is 11.0. The summed E-state index contributed by atoms with van der Waals surface area (Å²) in [6, 6.07) is 7.69. The van der Waals surface area contributed by atoms with Gasteiger partial charge in [-0.1, -0.05) is 20.8 Å². The molecular weight excluding hydrogens is 502 g/mol. The number of carbonyl (C=O) groups is 3. The largest absolute Gasteiger partial charge is 0.349 e. The van der Waals surface area contributed by atoms with Crippen molar-refractivity contribution in [2.45, 2.75) is 72.3 Å². The van der Waals surface area contributed by atoms with Crippen LogP contribution in [0.3, 0.4) is 0 Å². The summed E-state index contributed by atoms with van der Waals surface area (Å²) in [4.78, 5) is 40.1. The average Bonchev–Trinajstić information content (AvgIpc) is 2.88. The van der Waals surface area contributed by atoms with Gasteiger partial charge in [0.25, 0.3) is 11.8 Å². The second-order valence-electron chi connectivity index (χ2n) is 9.86. The monoisotopic (exact) mass is 544 g/mol. The molecule has 9 heteroatoms. The van der Waals surface area contributed by atoms with E-state index in [0.717, 1.165) is 30.9 Å². The number of carbonyl (C=O) groups excluding carboxylic acids is 3. The number of hydrogen-bond acceptors (Lipinski definition) is 3. The van der Waals surface area contributed by atoms with Crippen molar-refractivity contribution in [1.29, 1.82) is 0 Å². The lowest BCUT2D eigenvalue weighted by Gasteiger charge is -2.22. The number of benzene rings is 2. The molecule has 0 spiro atoms. The van der Waals surface area contributed by atoms with Gasteiger partial charge in [0.05, 0.1) is 0 Å². The molecule has 214 valence electrons. The molecule has 0 fully saturated rings. The summed E-state index contributed by atoms with van der Waals surface area (Å²) in [7, 11) is 0. The van der Waals surface area contributed by atoms with Gasteiger partial charge in [-0.15, -0.1) is 0 Å². The third-order valence-electron chi connectivity index (χ3n) is 6.15. The van der Waals surface area contributed by atoms with Crippen molar-refractivity contribution in [3.63, 3.8) is 0 Å². The Morgan fingerprint density at radius 3 is 2.05 bits per heavy atom. The van der Waals surface area contributed by atoms with Crippen LogP contribution >= 0.6 is 0 Å². The van der Waals surface area contributed by atoms with Crippen LogP contribution in [0.25, 0.3) is 0 Å². The Morgan fingerprint density at radius 2 is 1.44 bits per heavy atom. The number of amides is 4. The standard InChI is InChI=1S/C30H42F2N4O3/c1-5-10-33-30(39)34-11-8-9-27(18-22-16-25(31)20-26(32)17-22)35-28(37)23-14-21(4)15-24(19-23)29(38)36(12-6-2)13-7-3/h14-17,19-20,27H,5-13,18H2,1-4H3,(H,35,37)(H2,33,34,39)/t27-/m1/s1. The molecule has 4 amide bonds. The fourth-order valence-electron chi connectivity index (χ4n) is 4.43. The van der Waals surface area contributed by atoms with E-state index in [1.54, 1.807) is 23.1 Å². The first-order valence-electron chi connectivity index (χ1n) is 13.8. The molecule has 0 saturated carbocycles. The molecular formula is C30H42F2N4O3. The van der Waals surface area contributed by atoms with E-state index in [1.165, 1.54) is 12.1 Å². The van der Waals surface area contributed by atoms with E-state index in [4.69, 9.17) is 0 Å². The van der Waals surface area contributed by atoms with E-state index < -0.39 is 17.7 Å². The summed E-state index contributed by atoms with van der Waals surface area (Å²) in [6.07, 6.45) is 3.72. The molecule has 0 unspecified atom stereocenters. The normalized spacial score (nSPS) is 11.5. The Balaban J connectivity index is 2.18. The lowest BCUT2D eigenvalue weighted by Crippen LogP contribution is -2.39. The van der Waals surface area contributed by atoms with Crippen molar-refractivity contribution in [1.82, 2.24) is 20.9 Å². The lowest BCUT2D eigenvalue weighted by molar-refractivity contribution is 0.0755. The highest BCUT2D eigenvalue weighted by Crippen LogP contribution is 2.16. The lowest BCUT2D eigenvalue weighted by atomic mass is 10.00. The number of rotatable bonds is 15. The van der Waals surface area contributed by atoms with Gasteiger partial charge in [-0.3, -0.25) is 9.59 Å². The molecule has 0 aliphatic carbocycles. The highest BCUT2D eigenvalue weighted by atomic mass is 19.1. The van der Waals surface area contributed by atoms with Gasteiger partial charge in [0.2, 0.25) is 0 Å². The Kier molecular flexibility index (Phi) is 13.4. The van der Waals surface area contributed by atoms with E-state index in [0.29, 0.717) is 55.7 Å². The van der Waals surface area contributed by atoms with Crippen LogP contribution in [0.5, 0.6) is 0 Å². The summed E-state index contributed by atoms with van der Waals surface area (Å²) >= 11 is 0. The maximum atomic E-state index is 13.8. The number of urea groups is 1. The van der Waals surface area contributed by atoms with Gasteiger partial charge in [0.1, 0.15) is 11.6 Å². The van der Waals surface area contributed by atoms with Crippen molar-refractivity contribution >= 4 is 17.8 Å². The van der Waals surface area contributed by atoms with E-state index in [9.17, 15) is 23.2 Å². The van der Waals surface area contributed by atoms with Crippen molar-refractivity contribution in [2.75, 3.05) is 26.2 Å². The van der Waals surface area contributed by atoms with Gasteiger partial charge in [-0.2, -0.15) is 0 Å². The van der Waals surface area contributed by atoms with Crippen LogP contribution in [-0.2, 0) is 6.42 Å². The van der Waals surface area contributed by atoms with E-state index in [-0.39, 0.29) is 24.3 Å². The number of aryl methyl sites for hydroxylation is 1. The van der Waals surface area contributed by atoms with Gasteiger partial charge in [-0.05, 0) is 86.9 Å². The molecule has 0 aromatic heterocycles. The summed E-state index contributed by atoms with van der Waals surface area (Å²) in [5, 5.41) is 8.49. The Morgan fingerprint density at radius 1 is 0.821 bits per heavy atom.